The Morgan fingerprint density at radius 2 is 1.39 bits per heavy atom. The van der Waals surface area contributed by atoms with Crippen molar-refractivity contribution in [2.45, 2.75) is 72.4 Å². The maximum atomic E-state index is 14.0. The number of hydrazine groups is 1. The first kappa shape index (κ1) is 36.3. The second kappa shape index (κ2) is 17.4. The fourth-order valence-corrected chi connectivity index (χ4v) is 4.68. The van der Waals surface area contributed by atoms with Gasteiger partial charge in [0.15, 0.2) is 0 Å². The Labute approximate surface area is 257 Å². The Morgan fingerprint density at radius 3 is 1.91 bits per heavy atom. The van der Waals surface area contributed by atoms with Crippen LogP contribution in [0.4, 0.5) is 8.78 Å². The molecule has 0 aliphatic rings. The maximum Gasteiger partial charge on any atom is 0.253 e. The fraction of sp³-hybridized carbons (Fsp3) is 0.500. The molecule has 10 nitrogen and oxygen atoms in total. The number of nitrogens with two attached hydrogens (primary N) is 1. The van der Waals surface area contributed by atoms with Crippen molar-refractivity contribution >= 4 is 23.6 Å². The predicted molar refractivity (Wildman–Crippen MR) is 164 cm³/mol. The van der Waals surface area contributed by atoms with Crippen LogP contribution in [-0.4, -0.2) is 77.0 Å². The van der Waals surface area contributed by atoms with Crippen LogP contribution in [0.1, 0.15) is 90.5 Å². The van der Waals surface area contributed by atoms with Gasteiger partial charge in [0.1, 0.15) is 11.6 Å². The normalized spacial score (nSPS) is 12.6. The van der Waals surface area contributed by atoms with Gasteiger partial charge in [0.05, 0.1) is 12.1 Å². The zero-order valence-electron chi connectivity index (χ0n) is 26.2. The highest BCUT2D eigenvalue weighted by atomic mass is 19.1. The third-order valence-electron chi connectivity index (χ3n) is 6.85. The van der Waals surface area contributed by atoms with Gasteiger partial charge in [0, 0.05) is 54.9 Å². The molecule has 2 aromatic carbocycles. The number of nitrogens with zero attached hydrogens (tertiary/aromatic N) is 2. The number of rotatable bonds is 17. The van der Waals surface area contributed by atoms with Crippen LogP contribution < -0.4 is 16.5 Å². The van der Waals surface area contributed by atoms with Crippen molar-refractivity contribution in [1.29, 1.82) is 0 Å². The summed E-state index contributed by atoms with van der Waals surface area (Å²) < 4.78 is 28.1. The fourth-order valence-electron chi connectivity index (χ4n) is 4.68. The van der Waals surface area contributed by atoms with Crippen LogP contribution >= 0.6 is 0 Å². The number of aliphatic hydroxyl groups is 1. The summed E-state index contributed by atoms with van der Waals surface area (Å²) in [5, 5.41) is 15.5. The lowest BCUT2D eigenvalue weighted by molar-refractivity contribution is -0.129. The van der Waals surface area contributed by atoms with E-state index in [9.17, 15) is 33.1 Å². The van der Waals surface area contributed by atoms with Crippen LogP contribution in [0.15, 0.2) is 36.4 Å². The number of carbonyl (C=O) groups excluding carboxylic acids is 4. The Balaban J connectivity index is 2.47. The van der Waals surface area contributed by atoms with Gasteiger partial charge in [-0.2, -0.15) is 0 Å². The van der Waals surface area contributed by atoms with Crippen molar-refractivity contribution in [2.75, 3.05) is 26.2 Å². The standard InChI is InChI=1S/C32H45F2N5O5/c1-6-9-38(10-7-2)32(44)24-16-22(29(35)41)15-23(17-24)31(43)36-27(14-21-12-25(33)18-26(34)13-21)28(40)19-39(11-8-3)37-30(42)20(4)5/h12-13,15-18,20,27-28,40H,6-11,14,19H2,1-5H3,(H2,35,41)(H,36,43)(H,37,42). The number of hydrogen-bond donors (Lipinski definition) is 4. The second-order valence-corrected chi connectivity index (χ2v) is 11.2. The number of amides is 4. The van der Waals surface area contributed by atoms with Crippen LogP contribution in [0, 0.1) is 17.6 Å². The molecule has 0 aromatic heterocycles. The quantitative estimate of drug-likeness (QED) is 0.200. The lowest BCUT2D eigenvalue weighted by Gasteiger charge is -2.31. The van der Waals surface area contributed by atoms with Crippen LogP contribution in [-0.2, 0) is 11.2 Å². The first-order valence-corrected chi connectivity index (χ1v) is 15.0. The van der Waals surface area contributed by atoms with E-state index in [1.54, 1.807) is 18.7 Å². The highest BCUT2D eigenvalue weighted by Crippen LogP contribution is 2.17. The maximum absolute atomic E-state index is 14.0. The van der Waals surface area contributed by atoms with E-state index in [2.05, 4.69) is 10.7 Å². The molecule has 0 aliphatic heterocycles. The van der Waals surface area contributed by atoms with Gasteiger partial charge in [-0.25, -0.2) is 13.8 Å². The molecule has 242 valence electrons. The smallest absolute Gasteiger partial charge is 0.253 e. The van der Waals surface area contributed by atoms with Crippen molar-refractivity contribution in [3.05, 3.63) is 70.3 Å². The summed E-state index contributed by atoms with van der Waals surface area (Å²) in [4.78, 5) is 53.0. The monoisotopic (exact) mass is 617 g/mol. The molecule has 0 spiro atoms. The van der Waals surface area contributed by atoms with E-state index in [-0.39, 0.29) is 53.0 Å². The molecule has 0 saturated heterocycles. The lowest BCUT2D eigenvalue weighted by atomic mass is 9.99. The molecule has 4 amide bonds. The minimum absolute atomic E-state index is 0.0521. The van der Waals surface area contributed by atoms with E-state index in [4.69, 9.17) is 5.73 Å². The van der Waals surface area contributed by atoms with Gasteiger partial charge in [-0.15, -0.1) is 0 Å². The van der Waals surface area contributed by atoms with E-state index in [1.165, 1.54) is 23.2 Å². The number of nitrogens with one attached hydrogen (secondary N) is 2. The summed E-state index contributed by atoms with van der Waals surface area (Å²) in [6.45, 7) is 10.4. The number of benzene rings is 2. The average molecular weight is 618 g/mol. The van der Waals surface area contributed by atoms with Gasteiger partial charge in [0.2, 0.25) is 11.8 Å². The summed E-state index contributed by atoms with van der Waals surface area (Å²) in [6, 6.07) is 5.75. The van der Waals surface area contributed by atoms with Crippen molar-refractivity contribution < 1.29 is 33.1 Å². The highest BCUT2D eigenvalue weighted by Gasteiger charge is 2.27. The summed E-state index contributed by atoms with van der Waals surface area (Å²) in [5.41, 5.74) is 8.44. The minimum Gasteiger partial charge on any atom is -0.390 e. The molecule has 2 rings (SSSR count). The molecule has 0 saturated carbocycles. The van der Waals surface area contributed by atoms with E-state index < -0.39 is 35.6 Å². The molecule has 2 atom stereocenters. The van der Waals surface area contributed by atoms with Crippen molar-refractivity contribution in [2.24, 2.45) is 11.7 Å². The molecular weight excluding hydrogens is 572 g/mol. The van der Waals surface area contributed by atoms with Crippen LogP contribution in [0.2, 0.25) is 0 Å². The number of aliphatic hydroxyl groups excluding tert-OH is 1. The third-order valence-corrected chi connectivity index (χ3v) is 6.85. The Hall–Kier alpha value is -3.90. The molecule has 5 N–H and O–H groups in total. The van der Waals surface area contributed by atoms with Crippen LogP contribution in [0.5, 0.6) is 0 Å². The number of carbonyl (C=O) groups is 4. The summed E-state index contributed by atoms with van der Waals surface area (Å²) in [6.07, 6.45) is 0.584. The Morgan fingerprint density at radius 1 is 0.841 bits per heavy atom. The van der Waals surface area contributed by atoms with Crippen LogP contribution in [0.3, 0.4) is 0 Å². The van der Waals surface area contributed by atoms with E-state index in [0.29, 0.717) is 45.0 Å². The molecule has 44 heavy (non-hydrogen) atoms. The zero-order valence-corrected chi connectivity index (χ0v) is 26.2. The summed E-state index contributed by atoms with van der Waals surface area (Å²) in [5.74, 6) is -4.18. The zero-order chi connectivity index (χ0) is 33.0. The first-order chi connectivity index (χ1) is 20.8. The number of halogens is 2. The molecule has 12 heteroatoms. The largest absolute Gasteiger partial charge is 0.390 e. The molecule has 0 radical (unpaired) electrons. The van der Waals surface area contributed by atoms with Gasteiger partial charge < -0.3 is 21.1 Å². The Kier molecular flexibility index (Phi) is 14.4. The molecule has 2 unspecified atom stereocenters. The Bertz CT molecular complexity index is 1280. The van der Waals surface area contributed by atoms with Crippen molar-refractivity contribution in [3.63, 3.8) is 0 Å². The first-order valence-electron chi connectivity index (χ1n) is 15.0. The summed E-state index contributed by atoms with van der Waals surface area (Å²) >= 11 is 0. The molecular formula is C32H45F2N5O5. The van der Waals surface area contributed by atoms with E-state index in [1.807, 2.05) is 20.8 Å². The highest BCUT2D eigenvalue weighted by molar-refractivity contribution is 6.04. The molecule has 0 bridgehead atoms. The lowest BCUT2D eigenvalue weighted by Crippen LogP contribution is -2.54. The molecule has 0 aliphatic carbocycles. The third kappa shape index (κ3) is 11.0. The average Bonchev–Trinajstić information content (AvgIpc) is 2.95. The molecule has 2 aromatic rings. The van der Waals surface area contributed by atoms with Crippen molar-refractivity contribution in [1.82, 2.24) is 20.7 Å². The van der Waals surface area contributed by atoms with E-state index in [0.717, 1.165) is 12.1 Å². The van der Waals surface area contributed by atoms with Gasteiger partial charge in [-0.05, 0) is 61.6 Å². The van der Waals surface area contributed by atoms with Crippen molar-refractivity contribution in [3.8, 4) is 0 Å². The van der Waals surface area contributed by atoms with Gasteiger partial charge in [0.25, 0.3) is 11.8 Å². The minimum atomic E-state index is -1.31. The molecule has 0 fully saturated rings. The topological polar surface area (TPSA) is 145 Å². The predicted octanol–water partition coefficient (Wildman–Crippen LogP) is 3.43. The number of hydrogen-bond acceptors (Lipinski definition) is 6. The van der Waals surface area contributed by atoms with E-state index >= 15 is 0 Å². The SMILES string of the molecule is CCCN(CC(O)C(Cc1cc(F)cc(F)c1)NC(=O)c1cc(C(N)=O)cc(C(=O)N(CCC)CCC)c1)NC(=O)C(C)C. The molecule has 0 heterocycles. The van der Waals surface area contributed by atoms with Gasteiger partial charge >= 0.3 is 0 Å². The number of primary amides is 1. The van der Waals surface area contributed by atoms with Gasteiger partial charge in [-0.3, -0.25) is 24.6 Å². The second-order valence-electron chi connectivity index (χ2n) is 11.2. The van der Waals surface area contributed by atoms with Crippen LogP contribution in [0.25, 0.3) is 0 Å². The summed E-state index contributed by atoms with van der Waals surface area (Å²) in [7, 11) is 0. The van der Waals surface area contributed by atoms with Gasteiger partial charge in [-0.1, -0.05) is 34.6 Å².